The molecule has 4 atom stereocenters. The predicted molar refractivity (Wildman–Crippen MR) is 93.7 cm³/mol. The van der Waals surface area contributed by atoms with Crippen molar-refractivity contribution in [2.75, 3.05) is 13.2 Å². The second-order valence-corrected chi connectivity index (χ2v) is 9.73. The van der Waals surface area contributed by atoms with Gasteiger partial charge in [0.05, 0.1) is 24.4 Å². The molecular weight excluding hydrogens is 324 g/mol. The molecule has 0 aromatic heterocycles. The van der Waals surface area contributed by atoms with Gasteiger partial charge in [-0.05, 0) is 48.3 Å². The number of aliphatic hydroxyl groups is 6. The predicted octanol–water partition coefficient (Wildman–Crippen LogP) is 0.417. The maximum atomic E-state index is 11.3. The molecule has 0 saturated heterocycles. The van der Waals surface area contributed by atoms with E-state index in [-0.39, 0.29) is 26.1 Å². The fourth-order valence-electron chi connectivity index (χ4n) is 6.94. The van der Waals surface area contributed by atoms with Crippen molar-refractivity contribution in [3.63, 3.8) is 0 Å². The standard InChI is InChI=1S/C19H36O6/c1-16(2,10-20)19(17(3,4)11-21)15(25)6-14(24)9-18(19)7-12(22)5-13(23)8-18/h12-15,20-25H,5-11H2,1-4H3. The Labute approximate surface area is 150 Å². The Morgan fingerprint density at radius 3 is 1.44 bits per heavy atom. The van der Waals surface area contributed by atoms with Crippen molar-refractivity contribution in [1.82, 2.24) is 0 Å². The van der Waals surface area contributed by atoms with Crippen LogP contribution >= 0.6 is 0 Å². The van der Waals surface area contributed by atoms with Crippen LogP contribution in [0.1, 0.15) is 59.8 Å². The smallest absolute Gasteiger partial charge is 0.0638 e. The van der Waals surface area contributed by atoms with Crippen LogP contribution in [0.3, 0.4) is 0 Å². The third kappa shape index (κ3) is 2.95. The first-order valence-electron chi connectivity index (χ1n) is 9.33. The maximum Gasteiger partial charge on any atom is 0.0638 e. The molecule has 6 N–H and O–H groups in total. The molecule has 0 amide bonds. The first kappa shape index (κ1) is 21.1. The van der Waals surface area contributed by atoms with E-state index in [1.807, 2.05) is 27.7 Å². The van der Waals surface area contributed by atoms with E-state index in [1.165, 1.54) is 0 Å². The van der Waals surface area contributed by atoms with Crippen LogP contribution in [0.15, 0.2) is 0 Å². The van der Waals surface area contributed by atoms with Crippen molar-refractivity contribution in [2.24, 2.45) is 21.7 Å². The van der Waals surface area contributed by atoms with Gasteiger partial charge in [0.2, 0.25) is 0 Å². The topological polar surface area (TPSA) is 121 Å². The Morgan fingerprint density at radius 1 is 0.720 bits per heavy atom. The summed E-state index contributed by atoms with van der Waals surface area (Å²) < 4.78 is 0. The SMILES string of the molecule is CC(C)(CO)C1(C(C)(C)CO)C(O)CC(O)CC12CC(O)CC(O)C2. The molecule has 25 heavy (non-hydrogen) atoms. The number of rotatable bonds is 4. The summed E-state index contributed by atoms with van der Waals surface area (Å²) in [6.07, 6.45) is -1.82. The molecule has 1 spiro atoms. The summed E-state index contributed by atoms with van der Waals surface area (Å²) in [5, 5.41) is 63.0. The monoisotopic (exact) mass is 360 g/mol. The average Bonchev–Trinajstić information content (AvgIpc) is 2.44. The third-order valence-corrected chi connectivity index (χ3v) is 7.18. The average molecular weight is 360 g/mol. The molecule has 2 rings (SSSR count). The van der Waals surface area contributed by atoms with E-state index in [0.29, 0.717) is 19.3 Å². The van der Waals surface area contributed by atoms with Gasteiger partial charge in [-0.2, -0.15) is 0 Å². The fraction of sp³-hybridized carbons (Fsp3) is 1.00. The molecule has 2 aliphatic rings. The Hall–Kier alpha value is -0.240. The van der Waals surface area contributed by atoms with E-state index >= 15 is 0 Å². The summed E-state index contributed by atoms with van der Waals surface area (Å²) in [6, 6.07) is 0. The lowest BCUT2D eigenvalue weighted by Gasteiger charge is -2.70. The van der Waals surface area contributed by atoms with Crippen molar-refractivity contribution < 1.29 is 30.6 Å². The van der Waals surface area contributed by atoms with Gasteiger partial charge in [-0.15, -0.1) is 0 Å². The van der Waals surface area contributed by atoms with Crippen molar-refractivity contribution in [3.8, 4) is 0 Å². The van der Waals surface area contributed by atoms with Gasteiger partial charge < -0.3 is 30.6 Å². The van der Waals surface area contributed by atoms with Gasteiger partial charge in [-0.25, -0.2) is 0 Å². The molecule has 2 aliphatic carbocycles. The summed E-state index contributed by atoms with van der Waals surface area (Å²) in [6.45, 7) is 7.02. The van der Waals surface area contributed by atoms with Crippen LogP contribution in [-0.2, 0) is 0 Å². The molecule has 0 aromatic rings. The molecule has 0 radical (unpaired) electrons. The van der Waals surface area contributed by atoms with Crippen LogP contribution in [0.5, 0.6) is 0 Å². The highest BCUT2D eigenvalue weighted by atomic mass is 16.3. The summed E-state index contributed by atoms with van der Waals surface area (Å²) in [4.78, 5) is 0. The number of aliphatic hydroxyl groups excluding tert-OH is 6. The van der Waals surface area contributed by atoms with Crippen LogP contribution in [0.2, 0.25) is 0 Å². The van der Waals surface area contributed by atoms with E-state index < -0.39 is 46.1 Å². The van der Waals surface area contributed by atoms with E-state index in [9.17, 15) is 30.6 Å². The van der Waals surface area contributed by atoms with Crippen LogP contribution in [0, 0.1) is 21.7 Å². The lowest BCUT2D eigenvalue weighted by atomic mass is 9.35. The minimum absolute atomic E-state index is 0.154. The van der Waals surface area contributed by atoms with Crippen molar-refractivity contribution in [2.45, 2.75) is 84.2 Å². The highest BCUT2D eigenvalue weighted by Gasteiger charge is 2.71. The second-order valence-electron chi connectivity index (χ2n) is 9.73. The van der Waals surface area contributed by atoms with Gasteiger partial charge in [0, 0.05) is 18.6 Å². The molecule has 6 heteroatoms. The molecule has 2 saturated carbocycles. The van der Waals surface area contributed by atoms with Crippen molar-refractivity contribution in [1.29, 1.82) is 0 Å². The second kappa shape index (κ2) is 6.73. The van der Waals surface area contributed by atoms with Gasteiger partial charge in [-0.3, -0.25) is 0 Å². The lowest BCUT2D eigenvalue weighted by molar-refractivity contribution is -0.293. The quantitative estimate of drug-likeness (QED) is 0.432. The molecule has 148 valence electrons. The number of hydrogen-bond donors (Lipinski definition) is 6. The van der Waals surface area contributed by atoms with Crippen LogP contribution in [-0.4, -0.2) is 68.3 Å². The van der Waals surface area contributed by atoms with Gasteiger partial charge in [0.1, 0.15) is 0 Å². The van der Waals surface area contributed by atoms with Gasteiger partial charge in [0.15, 0.2) is 0 Å². The van der Waals surface area contributed by atoms with Crippen LogP contribution < -0.4 is 0 Å². The molecule has 2 fully saturated rings. The molecule has 6 nitrogen and oxygen atoms in total. The molecule has 0 heterocycles. The van der Waals surface area contributed by atoms with Crippen molar-refractivity contribution in [3.05, 3.63) is 0 Å². The fourth-order valence-corrected chi connectivity index (χ4v) is 6.94. The van der Waals surface area contributed by atoms with Gasteiger partial charge in [-0.1, -0.05) is 27.7 Å². The highest BCUT2D eigenvalue weighted by Crippen LogP contribution is 2.71. The summed E-state index contributed by atoms with van der Waals surface area (Å²) in [5.74, 6) is 0. The largest absolute Gasteiger partial charge is 0.396 e. The maximum absolute atomic E-state index is 11.3. The van der Waals surface area contributed by atoms with E-state index in [1.54, 1.807) is 0 Å². The first-order chi connectivity index (χ1) is 11.4. The minimum atomic E-state index is -0.988. The zero-order valence-corrected chi connectivity index (χ0v) is 15.9. The summed E-state index contributed by atoms with van der Waals surface area (Å²) in [5.41, 5.74) is -3.37. The van der Waals surface area contributed by atoms with Crippen LogP contribution in [0.4, 0.5) is 0 Å². The van der Waals surface area contributed by atoms with E-state index in [0.717, 1.165) is 0 Å². The first-order valence-corrected chi connectivity index (χ1v) is 9.33. The normalized spacial score (nSPS) is 39.6. The summed E-state index contributed by atoms with van der Waals surface area (Å²) in [7, 11) is 0. The van der Waals surface area contributed by atoms with Crippen LogP contribution in [0.25, 0.3) is 0 Å². The molecule has 0 aromatic carbocycles. The van der Waals surface area contributed by atoms with E-state index in [2.05, 4.69) is 0 Å². The molecular formula is C19H36O6. The Bertz CT molecular complexity index is 438. The Kier molecular flexibility index (Phi) is 5.67. The lowest BCUT2D eigenvalue weighted by Crippen LogP contribution is -2.72. The molecule has 0 bridgehead atoms. The van der Waals surface area contributed by atoms with Gasteiger partial charge in [0.25, 0.3) is 0 Å². The third-order valence-electron chi connectivity index (χ3n) is 7.18. The van der Waals surface area contributed by atoms with E-state index in [4.69, 9.17) is 0 Å². The van der Waals surface area contributed by atoms with Crippen molar-refractivity contribution >= 4 is 0 Å². The summed E-state index contributed by atoms with van der Waals surface area (Å²) >= 11 is 0. The zero-order chi connectivity index (χ0) is 19.3. The van der Waals surface area contributed by atoms with Gasteiger partial charge >= 0.3 is 0 Å². The Morgan fingerprint density at radius 2 is 1.08 bits per heavy atom. The Balaban J connectivity index is 2.78. The minimum Gasteiger partial charge on any atom is -0.396 e. The molecule has 0 aliphatic heterocycles. The number of hydrogen-bond acceptors (Lipinski definition) is 6. The highest BCUT2D eigenvalue weighted by molar-refractivity contribution is 5.19. The molecule has 4 unspecified atom stereocenters. The zero-order valence-electron chi connectivity index (χ0n) is 15.9.